The number of imidazole rings is 1. The number of halogens is 1. The lowest BCUT2D eigenvalue weighted by atomic mass is 10.2. The summed E-state index contributed by atoms with van der Waals surface area (Å²) in [7, 11) is 1.81. The number of rotatable bonds is 1. The van der Waals surface area contributed by atoms with Gasteiger partial charge in [-0.3, -0.25) is 9.36 Å². The Bertz CT molecular complexity index is 636. The molecule has 2 heterocycles. The van der Waals surface area contributed by atoms with Crippen molar-refractivity contribution in [2.24, 2.45) is 0 Å². The maximum Gasteiger partial charge on any atom is 0.245 e. The van der Waals surface area contributed by atoms with Gasteiger partial charge in [0.25, 0.3) is 0 Å². The summed E-state index contributed by atoms with van der Waals surface area (Å²) in [6, 6.07) is 5.56. The van der Waals surface area contributed by atoms with E-state index in [0.717, 1.165) is 28.5 Å². The summed E-state index contributed by atoms with van der Waals surface area (Å²) >= 11 is 3.41. The SMILES string of the molecule is CN1CCC(n2c(N)nc3cc(Br)ccc32)C1=O. The van der Waals surface area contributed by atoms with E-state index in [1.54, 1.807) is 4.90 Å². The summed E-state index contributed by atoms with van der Waals surface area (Å²) < 4.78 is 2.79. The zero-order valence-corrected chi connectivity index (χ0v) is 11.5. The molecule has 1 atom stereocenters. The third-order valence-corrected chi connectivity index (χ3v) is 3.88. The molecule has 0 bridgehead atoms. The van der Waals surface area contributed by atoms with E-state index in [2.05, 4.69) is 20.9 Å². The van der Waals surface area contributed by atoms with E-state index in [4.69, 9.17) is 5.73 Å². The fourth-order valence-electron chi connectivity index (χ4n) is 2.46. The van der Waals surface area contributed by atoms with E-state index >= 15 is 0 Å². The van der Waals surface area contributed by atoms with Crippen LogP contribution in [0.3, 0.4) is 0 Å². The minimum atomic E-state index is -0.221. The number of amides is 1. The molecule has 1 amide bonds. The van der Waals surface area contributed by atoms with Gasteiger partial charge >= 0.3 is 0 Å². The monoisotopic (exact) mass is 308 g/mol. The molecular formula is C12H13BrN4O. The molecule has 1 fully saturated rings. The molecule has 0 spiro atoms. The lowest BCUT2D eigenvalue weighted by Gasteiger charge is -2.14. The highest BCUT2D eigenvalue weighted by atomic mass is 79.9. The Morgan fingerprint density at radius 2 is 2.28 bits per heavy atom. The van der Waals surface area contributed by atoms with Crippen molar-refractivity contribution in [3.63, 3.8) is 0 Å². The summed E-state index contributed by atoms with van der Waals surface area (Å²) in [6.07, 6.45) is 0.779. The van der Waals surface area contributed by atoms with Gasteiger partial charge in [-0.05, 0) is 24.6 Å². The van der Waals surface area contributed by atoms with Crippen molar-refractivity contribution in [2.45, 2.75) is 12.5 Å². The Morgan fingerprint density at radius 3 is 2.94 bits per heavy atom. The van der Waals surface area contributed by atoms with Gasteiger partial charge in [-0.1, -0.05) is 15.9 Å². The standard InChI is InChI=1S/C12H13BrN4O/c1-16-5-4-10(11(16)18)17-9-3-2-7(13)6-8(9)15-12(17)14/h2-3,6,10H,4-5H2,1H3,(H2,14,15). The number of anilines is 1. The fourth-order valence-corrected chi connectivity index (χ4v) is 2.81. The first-order chi connectivity index (χ1) is 8.58. The molecule has 1 aliphatic rings. The molecule has 0 aliphatic carbocycles. The fraction of sp³-hybridized carbons (Fsp3) is 0.333. The number of hydrogen-bond acceptors (Lipinski definition) is 3. The van der Waals surface area contributed by atoms with E-state index in [1.807, 2.05) is 29.8 Å². The van der Waals surface area contributed by atoms with Gasteiger partial charge in [-0.25, -0.2) is 4.98 Å². The first-order valence-corrected chi connectivity index (χ1v) is 6.55. The van der Waals surface area contributed by atoms with Crippen LogP contribution >= 0.6 is 15.9 Å². The molecule has 3 rings (SSSR count). The Hall–Kier alpha value is -1.56. The second-order valence-electron chi connectivity index (χ2n) is 4.54. The number of nitrogens with two attached hydrogens (primary N) is 1. The number of carbonyl (C=O) groups is 1. The summed E-state index contributed by atoms with van der Waals surface area (Å²) in [6.45, 7) is 0.763. The molecule has 1 aromatic heterocycles. The number of nitrogens with zero attached hydrogens (tertiary/aromatic N) is 3. The molecule has 1 aliphatic heterocycles. The number of aromatic nitrogens is 2. The lowest BCUT2D eigenvalue weighted by molar-refractivity contribution is -0.129. The predicted octanol–water partition coefficient (Wildman–Crippen LogP) is 1.78. The third-order valence-electron chi connectivity index (χ3n) is 3.39. The molecular weight excluding hydrogens is 296 g/mol. The highest BCUT2D eigenvalue weighted by Crippen LogP contribution is 2.30. The lowest BCUT2D eigenvalue weighted by Crippen LogP contribution is -2.25. The van der Waals surface area contributed by atoms with E-state index in [0.29, 0.717) is 5.95 Å². The summed E-state index contributed by atoms with van der Waals surface area (Å²) in [5.41, 5.74) is 7.67. The Morgan fingerprint density at radius 1 is 1.50 bits per heavy atom. The molecule has 6 heteroatoms. The van der Waals surface area contributed by atoms with Crippen LogP contribution in [0.25, 0.3) is 11.0 Å². The first kappa shape index (κ1) is 11.5. The van der Waals surface area contributed by atoms with Crippen LogP contribution in [0.5, 0.6) is 0 Å². The molecule has 94 valence electrons. The van der Waals surface area contributed by atoms with Crippen LogP contribution in [0.4, 0.5) is 5.95 Å². The van der Waals surface area contributed by atoms with Crippen LogP contribution in [0.2, 0.25) is 0 Å². The number of carbonyl (C=O) groups excluding carboxylic acids is 1. The van der Waals surface area contributed by atoms with E-state index in [-0.39, 0.29) is 11.9 Å². The normalized spacial score (nSPS) is 20.0. The Balaban J connectivity index is 2.17. The van der Waals surface area contributed by atoms with Gasteiger partial charge in [0.05, 0.1) is 11.0 Å². The van der Waals surface area contributed by atoms with Crippen molar-refractivity contribution >= 4 is 38.8 Å². The van der Waals surface area contributed by atoms with Gasteiger partial charge in [0.1, 0.15) is 6.04 Å². The summed E-state index contributed by atoms with van der Waals surface area (Å²) in [5, 5.41) is 0. The number of nitrogen functional groups attached to an aromatic ring is 1. The van der Waals surface area contributed by atoms with Crippen molar-refractivity contribution < 1.29 is 4.79 Å². The van der Waals surface area contributed by atoms with Crippen LogP contribution in [-0.2, 0) is 4.79 Å². The summed E-state index contributed by atoms with van der Waals surface area (Å²) in [5.74, 6) is 0.501. The van der Waals surface area contributed by atoms with Crippen molar-refractivity contribution in [2.75, 3.05) is 19.3 Å². The van der Waals surface area contributed by atoms with Gasteiger partial charge < -0.3 is 10.6 Å². The Kier molecular flexibility index (Phi) is 2.55. The number of hydrogen-bond donors (Lipinski definition) is 1. The maximum absolute atomic E-state index is 12.1. The minimum absolute atomic E-state index is 0.101. The molecule has 18 heavy (non-hydrogen) atoms. The maximum atomic E-state index is 12.1. The average molecular weight is 309 g/mol. The predicted molar refractivity (Wildman–Crippen MR) is 73.1 cm³/mol. The minimum Gasteiger partial charge on any atom is -0.369 e. The van der Waals surface area contributed by atoms with Gasteiger partial charge in [0.15, 0.2) is 0 Å². The first-order valence-electron chi connectivity index (χ1n) is 5.76. The molecule has 1 unspecified atom stereocenters. The molecule has 1 aromatic carbocycles. The topological polar surface area (TPSA) is 64.2 Å². The molecule has 0 saturated carbocycles. The zero-order valence-electron chi connectivity index (χ0n) is 9.93. The molecule has 2 aromatic rings. The van der Waals surface area contributed by atoms with E-state index in [9.17, 15) is 4.79 Å². The van der Waals surface area contributed by atoms with Gasteiger partial charge in [0, 0.05) is 18.1 Å². The number of fused-ring (bicyclic) bond motifs is 1. The largest absolute Gasteiger partial charge is 0.369 e. The van der Waals surface area contributed by atoms with Crippen LogP contribution in [0.15, 0.2) is 22.7 Å². The van der Waals surface area contributed by atoms with Crippen molar-refractivity contribution in [1.82, 2.24) is 14.5 Å². The van der Waals surface area contributed by atoms with Crippen molar-refractivity contribution in [3.8, 4) is 0 Å². The average Bonchev–Trinajstić information content (AvgIpc) is 2.80. The molecule has 1 saturated heterocycles. The second kappa shape index (κ2) is 3.98. The van der Waals surface area contributed by atoms with E-state index < -0.39 is 0 Å². The molecule has 2 N–H and O–H groups in total. The number of likely N-dealkylation sites (N-methyl/N-ethyl adjacent to an activating group) is 1. The molecule has 0 radical (unpaired) electrons. The van der Waals surface area contributed by atoms with Crippen LogP contribution in [-0.4, -0.2) is 34.0 Å². The molecule has 5 nitrogen and oxygen atoms in total. The highest BCUT2D eigenvalue weighted by molar-refractivity contribution is 9.10. The summed E-state index contributed by atoms with van der Waals surface area (Å²) in [4.78, 5) is 18.1. The Labute approximate surface area is 113 Å². The van der Waals surface area contributed by atoms with Gasteiger partial charge in [-0.15, -0.1) is 0 Å². The van der Waals surface area contributed by atoms with Crippen molar-refractivity contribution in [3.05, 3.63) is 22.7 Å². The second-order valence-corrected chi connectivity index (χ2v) is 5.45. The zero-order chi connectivity index (χ0) is 12.9. The quantitative estimate of drug-likeness (QED) is 0.873. The van der Waals surface area contributed by atoms with Gasteiger partial charge in [-0.2, -0.15) is 0 Å². The highest BCUT2D eigenvalue weighted by Gasteiger charge is 2.32. The van der Waals surface area contributed by atoms with Gasteiger partial charge in [0.2, 0.25) is 11.9 Å². The van der Waals surface area contributed by atoms with Crippen LogP contribution in [0, 0.1) is 0 Å². The van der Waals surface area contributed by atoms with Crippen LogP contribution < -0.4 is 5.73 Å². The number of benzene rings is 1. The van der Waals surface area contributed by atoms with Crippen LogP contribution in [0.1, 0.15) is 12.5 Å². The smallest absolute Gasteiger partial charge is 0.245 e. The third kappa shape index (κ3) is 1.59. The van der Waals surface area contributed by atoms with E-state index in [1.165, 1.54) is 0 Å². The number of likely N-dealkylation sites (tertiary alicyclic amines) is 1. The van der Waals surface area contributed by atoms with Crippen molar-refractivity contribution in [1.29, 1.82) is 0 Å².